The second-order valence-electron chi connectivity index (χ2n) is 4.61. The normalized spacial score (nSPS) is 11.1. The van der Waals surface area contributed by atoms with Gasteiger partial charge in [0.05, 0.1) is 25.6 Å². The number of non-ortho nitro benzene ring substituents is 1. The van der Waals surface area contributed by atoms with Crippen molar-refractivity contribution in [1.82, 2.24) is 4.98 Å². The first-order valence-corrected chi connectivity index (χ1v) is 7.33. The first-order valence-electron chi connectivity index (χ1n) is 6.51. The van der Waals surface area contributed by atoms with Crippen LogP contribution in [0.5, 0.6) is 0 Å². The van der Waals surface area contributed by atoms with E-state index < -0.39 is 9.85 Å². The van der Waals surface area contributed by atoms with Crippen LogP contribution in [-0.2, 0) is 0 Å². The van der Waals surface area contributed by atoms with Crippen LogP contribution in [0, 0.1) is 20.2 Å². The Bertz CT molecular complexity index is 949. The molecule has 1 aromatic heterocycles. The fraction of sp³-hybridized carbons (Fsp3) is 0. The first-order chi connectivity index (χ1) is 11.0. The molecule has 0 atom stereocenters. The number of nitrogens with zero attached hydrogens (tertiary/aromatic N) is 3. The van der Waals surface area contributed by atoms with E-state index in [9.17, 15) is 20.2 Å². The molecule has 0 saturated carbocycles. The van der Waals surface area contributed by atoms with Crippen LogP contribution in [0.2, 0.25) is 0 Å². The van der Waals surface area contributed by atoms with E-state index in [1.165, 1.54) is 29.5 Å². The van der Waals surface area contributed by atoms with Crippen molar-refractivity contribution in [2.24, 2.45) is 0 Å². The molecule has 0 spiro atoms. The van der Waals surface area contributed by atoms with E-state index in [1.807, 2.05) is 0 Å². The molecule has 0 fully saturated rings. The van der Waals surface area contributed by atoms with Crippen molar-refractivity contribution in [3.8, 4) is 0 Å². The quantitative estimate of drug-likeness (QED) is 0.526. The van der Waals surface area contributed by atoms with Crippen molar-refractivity contribution < 1.29 is 9.85 Å². The molecule has 7 nitrogen and oxygen atoms in total. The SMILES string of the molecule is O=[N+]([O-])c1ccc2nc(/C=C/c3ccccc3[N+](=O)[O-])sc2c1. The smallest absolute Gasteiger partial charge is 0.258 e. The minimum absolute atomic E-state index is 0.00961. The number of hydrogen-bond acceptors (Lipinski definition) is 6. The molecular weight excluding hydrogens is 318 g/mol. The highest BCUT2D eigenvalue weighted by molar-refractivity contribution is 7.19. The molecule has 0 aliphatic heterocycles. The van der Waals surface area contributed by atoms with E-state index in [0.717, 1.165) is 0 Å². The van der Waals surface area contributed by atoms with Gasteiger partial charge in [0.25, 0.3) is 11.4 Å². The highest BCUT2D eigenvalue weighted by atomic mass is 32.1. The number of para-hydroxylation sites is 1. The summed E-state index contributed by atoms with van der Waals surface area (Å²) in [5, 5.41) is 22.4. The lowest BCUT2D eigenvalue weighted by Gasteiger charge is -1.95. The predicted molar refractivity (Wildman–Crippen MR) is 88.3 cm³/mol. The Balaban J connectivity index is 1.95. The standard InChI is InChI=1S/C15H9N3O4S/c19-17(20)11-6-7-12-14(9-11)23-15(16-12)8-5-10-3-1-2-4-13(10)18(21)22/h1-9H/b8-5+. The van der Waals surface area contributed by atoms with Crippen LogP contribution < -0.4 is 0 Å². The lowest BCUT2D eigenvalue weighted by atomic mass is 10.1. The summed E-state index contributed by atoms with van der Waals surface area (Å²) < 4.78 is 0.696. The van der Waals surface area contributed by atoms with Gasteiger partial charge in [-0.05, 0) is 24.3 Å². The number of nitro benzene ring substituents is 2. The number of benzene rings is 2. The summed E-state index contributed by atoms with van der Waals surface area (Å²) in [4.78, 5) is 25.2. The molecule has 1 heterocycles. The third-order valence-electron chi connectivity index (χ3n) is 3.14. The molecule has 0 N–H and O–H groups in total. The monoisotopic (exact) mass is 327 g/mol. The minimum Gasteiger partial charge on any atom is -0.258 e. The predicted octanol–water partition coefficient (Wildman–Crippen LogP) is 4.28. The van der Waals surface area contributed by atoms with Crippen LogP contribution >= 0.6 is 11.3 Å². The molecule has 114 valence electrons. The molecule has 0 bridgehead atoms. The molecule has 3 aromatic rings. The number of nitro groups is 2. The third kappa shape index (κ3) is 3.06. The highest BCUT2D eigenvalue weighted by Crippen LogP contribution is 2.28. The van der Waals surface area contributed by atoms with Crippen molar-refractivity contribution in [1.29, 1.82) is 0 Å². The first kappa shape index (κ1) is 14.8. The van der Waals surface area contributed by atoms with Gasteiger partial charge in [-0.25, -0.2) is 4.98 Å². The van der Waals surface area contributed by atoms with E-state index in [0.29, 0.717) is 20.8 Å². The Labute approximate surface area is 133 Å². The van der Waals surface area contributed by atoms with E-state index in [-0.39, 0.29) is 11.4 Å². The molecule has 2 aromatic carbocycles. The maximum Gasteiger partial charge on any atom is 0.276 e. The zero-order chi connectivity index (χ0) is 16.4. The van der Waals surface area contributed by atoms with Crippen LogP contribution in [0.3, 0.4) is 0 Å². The molecule has 0 aliphatic rings. The maximum absolute atomic E-state index is 11.0. The number of fused-ring (bicyclic) bond motifs is 1. The van der Waals surface area contributed by atoms with Crippen LogP contribution in [-0.4, -0.2) is 14.8 Å². The van der Waals surface area contributed by atoms with Gasteiger partial charge in [0.2, 0.25) is 0 Å². The molecule has 8 heteroatoms. The van der Waals surface area contributed by atoms with Gasteiger partial charge in [-0.1, -0.05) is 12.1 Å². The van der Waals surface area contributed by atoms with E-state index in [4.69, 9.17) is 0 Å². The molecule has 23 heavy (non-hydrogen) atoms. The topological polar surface area (TPSA) is 99.2 Å². The van der Waals surface area contributed by atoms with Crippen LogP contribution in [0.4, 0.5) is 11.4 Å². The van der Waals surface area contributed by atoms with Crippen LogP contribution in [0.25, 0.3) is 22.4 Å². The Morgan fingerprint density at radius 1 is 1.00 bits per heavy atom. The van der Waals surface area contributed by atoms with Gasteiger partial charge < -0.3 is 0 Å². The third-order valence-corrected chi connectivity index (χ3v) is 4.12. The number of thiazole rings is 1. The van der Waals surface area contributed by atoms with Crippen molar-refractivity contribution >= 4 is 45.1 Å². The van der Waals surface area contributed by atoms with Gasteiger partial charge in [-0.2, -0.15) is 0 Å². The van der Waals surface area contributed by atoms with Crippen molar-refractivity contribution in [2.75, 3.05) is 0 Å². The molecule has 0 unspecified atom stereocenters. The second kappa shape index (κ2) is 5.93. The van der Waals surface area contributed by atoms with Gasteiger partial charge >= 0.3 is 0 Å². The van der Waals surface area contributed by atoms with Gasteiger partial charge in [0, 0.05) is 18.2 Å². The Morgan fingerprint density at radius 3 is 2.52 bits per heavy atom. The zero-order valence-electron chi connectivity index (χ0n) is 11.6. The van der Waals surface area contributed by atoms with Crippen LogP contribution in [0.1, 0.15) is 10.6 Å². The molecule has 0 saturated heterocycles. The summed E-state index contributed by atoms with van der Waals surface area (Å²) in [6.45, 7) is 0. The highest BCUT2D eigenvalue weighted by Gasteiger charge is 2.11. The second-order valence-corrected chi connectivity index (χ2v) is 5.67. The zero-order valence-corrected chi connectivity index (χ0v) is 12.4. The van der Waals surface area contributed by atoms with Gasteiger partial charge in [-0.3, -0.25) is 20.2 Å². The Morgan fingerprint density at radius 2 is 1.78 bits per heavy atom. The van der Waals surface area contributed by atoms with Crippen molar-refractivity contribution in [2.45, 2.75) is 0 Å². The Hall–Kier alpha value is -3.13. The van der Waals surface area contributed by atoms with Crippen LogP contribution in [0.15, 0.2) is 42.5 Å². The molecule has 0 radical (unpaired) electrons. The lowest BCUT2D eigenvalue weighted by Crippen LogP contribution is -1.90. The van der Waals surface area contributed by atoms with Crippen molar-refractivity contribution in [3.05, 3.63) is 73.3 Å². The maximum atomic E-state index is 11.0. The fourth-order valence-electron chi connectivity index (χ4n) is 2.07. The Kier molecular flexibility index (Phi) is 3.82. The average Bonchev–Trinajstić information content (AvgIpc) is 2.94. The molecule has 0 amide bonds. The van der Waals surface area contributed by atoms with Gasteiger partial charge in [-0.15, -0.1) is 11.3 Å². The largest absolute Gasteiger partial charge is 0.276 e. The summed E-state index contributed by atoms with van der Waals surface area (Å²) in [7, 11) is 0. The number of rotatable bonds is 4. The number of aromatic nitrogens is 1. The average molecular weight is 327 g/mol. The van der Waals surface area contributed by atoms with Crippen molar-refractivity contribution in [3.63, 3.8) is 0 Å². The molecular formula is C15H9N3O4S. The van der Waals surface area contributed by atoms with E-state index in [2.05, 4.69) is 4.98 Å². The van der Waals surface area contributed by atoms with Gasteiger partial charge in [0.1, 0.15) is 5.01 Å². The summed E-state index contributed by atoms with van der Waals surface area (Å²) in [5.41, 5.74) is 1.15. The minimum atomic E-state index is -0.456. The number of hydrogen-bond donors (Lipinski definition) is 0. The lowest BCUT2D eigenvalue weighted by molar-refractivity contribution is -0.385. The summed E-state index contributed by atoms with van der Waals surface area (Å²) in [5.74, 6) is 0. The molecule has 3 rings (SSSR count). The fourth-order valence-corrected chi connectivity index (χ4v) is 2.98. The molecule has 0 aliphatic carbocycles. The van der Waals surface area contributed by atoms with E-state index >= 15 is 0 Å². The summed E-state index contributed by atoms with van der Waals surface area (Å²) in [6, 6.07) is 10.9. The summed E-state index contributed by atoms with van der Waals surface area (Å²) in [6.07, 6.45) is 3.28. The van der Waals surface area contributed by atoms with E-state index in [1.54, 1.807) is 36.4 Å². The van der Waals surface area contributed by atoms with Gasteiger partial charge in [0.15, 0.2) is 0 Å². The summed E-state index contributed by atoms with van der Waals surface area (Å²) >= 11 is 1.29.